The molecule has 3 aromatic rings. The van der Waals surface area contributed by atoms with Gasteiger partial charge < -0.3 is 10.6 Å². The molecule has 0 amide bonds. The van der Waals surface area contributed by atoms with E-state index in [1.165, 1.54) is 16.9 Å². The average Bonchev–Trinajstić information content (AvgIpc) is 2.97. The minimum Gasteiger partial charge on any atom is -0.332 e. The standard InChI is InChI=1S/C16H14N4S2/c1-11-7-9-12(10-8-11)14-19-20-16(22-14)18-15(21)17-13-5-3-2-4-6-13/h2-10H,1H3,(H2,17,18,20,21). The minimum absolute atomic E-state index is 0.498. The van der Waals surface area contributed by atoms with Crippen molar-refractivity contribution in [1.29, 1.82) is 0 Å². The zero-order chi connectivity index (χ0) is 15.4. The maximum absolute atomic E-state index is 5.28. The molecule has 2 N–H and O–H groups in total. The van der Waals surface area contributed by atoms with Gasteiger partial charge in [0, 0.05) is 11.3 Å². The van der Waals surface area contributed by atoms with Gasteiger partial charge in [0.1, 0.15) is 5.01 Å². The number of nitrogens with one attached hydrogen (secondary N) is 2. The summed E-state index contributed by atoms with van der Waals surface area (Å²) in [4.78, 5) is 0. The van der Waals surface area contributed by atoms with Crippen LogP contribution in [0.15, 0.2) is 54.6 Å². The van der Waals surface area contributed by atoms with Crippen LogP contribution in [0.3, 0.4) is 0 Å². The molecule has 0 bridgehead atoms. The van der Waals surface area contributed by atoms with Crippen LogP contribution >= 0.6 is 23.6 Å². The molecule has 1 heterocycles. The zero-order valence-corrected chi connectivity index (χ0v) is 13.5. The fourth-order valence-electron chi connectivity index (χ4n) is 1.87. The van der Waals surface area contributed by atoms with Crippen LogP contribution < -0.4 is 10.6 Å². The van der Waals surface area contributed by atoms with E-state index in [1.54, 1.807) is 0 Å². The Kier molecular flexibility index (Phi) is 4.41. The van der Waals surface area contributed by atoms with Crippen LogP contribution in [0.4, 0.5) is 10.8 Å². The number of rotatable bonds is 3. The highest BCUT2D eigenvalue weighted by Crippen LogP contribution is 2.26. The zero-order valence-electron chi connectivity index (χ0n) is 11.9. The van der Waals surface area contributed by atoms with E-state index in [9.17, 15) is 0 Å². The summed E-state index contributed by atoms with van der Waals surface area (Å²) in [6, 6.07) is 18.0. The van der Waals surface area contributed by atoms with Gasteiger partial charge in [0.05, 0.1) is 0 Å². The second-order valence-electron chi connectivity index (χ2n) is 4.72. The number of hydrogen-bond acceptors (Lipinski definition) is 4. The van der Waals surface area contributed by atoms with Crippen LogP contribution in [0.25, 0.3) is 10.6 Å². The summed E-state index contributed by atoms with van der Waals surface area (Å²) < 4.78 is 0. The molecule has 110 valence electrons. The van der Waals surface area contributed by atoms with E-state index in [1.807, 2.05) is 42.5 Å². The van der Waals surface area contributed by atoms with Crippen molar-refractivity contribution in [2.75, 3.05) is 10.6 Å². The summed E-state index contributed by atoms with van der Waals surface area (Å²) >= 11 is 6.75. The van der Waals surface area contributed by atoms with Gasteiger partial charge in [-0.15, -0.1) is 10.2 Å². The number of benzene rings is 2. The quantitative estimate of drug-likeness (QED) is 0.702. The molecule has 1 aromatic heterocycles. The summed E-state index contributed by atoms with van der Waals surface area (Å²) in [6.07, 6.45) is 0. The molecule has 2 aromatic carbocycles. The van der Waals surface area contributed by atoms with E-state index < -0.39 is 0 Å². The van der Waals surface area contributed by atoms with Gasteiger partial charge in [0.2, 0.25) is 5.13 Å². The van der Waals surface area contributed by atoms with Gasteiger partial charge in [-0.2, -0.15) is 0 Å². The van der Waals surface area contributed by atoms with Gasteiger partial charge in [0.15, 0.2) is 5.11 Å². The Morgan fingerprint density at radius 1 is 0.955 bits per heavy atom. The molecule has 22 heavy (non-hydrogen) atoms. The molecule has 6 heteroatoms. The van der Waals surface area contributed by atoms with Crippen LogP contribution in [-0.4, -0.2) is 15.3 Å². The molecular weight excluding hydrogens is 312 g/mol. The Labute approximate surface area is 138 Å². The van der Waals surface area contributed by atoms with Crippen molar-refractivity contribution >= 4 is 39.5 Å². The van der Waals surface area contributed by atoms with E-state index in [2.05, 4.69) is 39.9 Å². The van der Waals surface area contributed by atoms with Crippen molar-refractivity contribution in [1.82, 2.24) is 10.2 Å². The third-order valence-corrected chi connectivity index (χ3v) is 4.07. The molecule has 0 aliphatic heterocycles. The largest absolute Gasteiger partial charge is 0.332 e. The maximum atomic E-state index is 5.28. The Hall–Kier alpha value is -2.31. The lowest BCUT2D eigenvalue weighted by molar-refractivity contribution is 1.10. The predicted molar refractivity (Wildman–Crippen MR) is 96.4 cm³/mol. The topological polar surface area (TPSA) is 49.8 Å². The summed E-state index contributed by atoms with van der Waals surface area (Å²) in [5, 5.41) is 16.5. The molecule has 0 unspecified atom stereocenters. The molecule has 3 rings (SSSR count). The van der Waals surface area contributed by atoms with Crippen LogP contribution in [0.5, 0.6) is 0 Å². The monoisotopic (exact) mass is 326 g/mol. The number of aryl methyl sites for hydroxylation is 1. The highest BCUT2D eigenvalue weighted by Gasteiger charge is 2.07. The first-order chi connectivity index (χ1) is 10.7. The number of aromatic nitrogens is 2. The average molecular weight is 326 g/mol. The number of para-hydroxylation sites is 1. The Morgan fingerprint density at radius 2 is 1.68 bits per heavy atom. The number of nitrogens with zero attached hydrogens (tertiary/aromatic N) is 2. The third-order valence-electron chi connectivity index (χ3n) is 2.98. The van der Waals surface area contributed by atoms with Crippen molar-refractivity contribution in [2.45, 2.75) is 6.92 Å². The van der Waals surface area contributed by atoms with Crippen LogP contribution in [0.1, 0.15) is 5.56 Å². The van der Waals surface area contributed by atoms with Gasteiger partial charge >= 0.3 is 0 Å². The highest BCUT2D eigenvalue weighted by molar-refractivity contribution is 7.80. The lowest BCUT2D eigenvalue weighted by atomic mass is 10.2. The second kappa shape index (κ2) is 6.64. The van der Waals surface area contributed by atoms with E-state index in [0.717, 1.165) is 16.3 Å². The van der Waals surface area contributed by atoms with Crippen LogP contribution in [-0.2, 0) is 0 Å². The van der Waals surface area contributed by atoms with Crippen LogP contribution in [0, 0.1) is 6.92 Å². The van der Waals surface area contributed by atoms with Crippen molar-refractivity contribution in [3.05, 3.63) is 60.2 Å². The predicted octanol–water partition coefficient (Wildman–Crippen LogP) is 4.32. The number of anilines is 2. The van der Waals surface area contributed by atoms with E-state index in [4.69, 9.17) is 12.2 Å². The molecule has 0 radical (unpaired) electrons. The summed E-state index contributed by atoms with van der Waals surface area (Å²) in [5.41, 5.74) is 3.21. The fraction of sp³-hybridized carbons (Fsp3) is 0.0625. The first-order valence-electron chi connectivity index (χ1n) is 6.74. The molecule has 0 saturated heterocycles. The first-order valence-corrected chi connectivity index (χ1v) is 7.97. The molecule has 0 fully saturated rings. The Bertz CT molecular complexity index is 766. The Morgan fingerprint density at radius 3 is 2.41 bits per heavy atom. The smallest absolute Gasteiger partial charge is 0.212 e. The number of thiocarbonyl (C=S) groups is 1. The molecular formula is C16H14N4S2. The number of hydrogen-bond donors (Lipinski definition) is 2. The Balaban J connectivity index is 1.66. The van der Waals surface area contributed by atoms with Gasteiger partial charge in [-0.25, -0.2) is 0 Å². The van der Waals surface area contributed by atoms with Crippen molar-refractivity contribution in [3.8, 4) is 10.6 Å². The molecule has 0 atom stereocenters. The summed E-state index contributed by atoms with van der Waals surface area (Å²) in [6.45, 7) is 2.06. The molecule has 0 aliphatic rings. The lowest BCUT2D eigenvalue weighted by Crippen LogP contribution is -2.18. The molecule has 4 nitrogen and oxygen atoms in total. The lowest BCUT2D eigenvalue weighted by Gasteiger charge is -2.07. The maximum Gasteiger partial charge on any atom is 0.212 e. The van der Waals surface area contributed by atoms with Gasteiger partial charge in [0.25, 0.3) is 0 Å². The van der Waals surface area contributed by atoms with Crippen molar-refractivity contribution < 1.29 is 0 Å². The van der Waals surface area contributed by atoms with Crippen molar-refractivity contribution in [2.24, 2.45) is 0 Å². The second-order valence-corrected chi connectivity index (χ2v) is 6.11. The first kappa shape index (κ1) is 14.6. The van der Waals surface area contributed by atoms with E-state index in [0.29, 0.717) is 10.2 Å². The normalized spacial score (nSPS) is 10.2. The fourth-order valence-corrected chi connectivity index (χ4v) is 2.90. The third kappa shape index (κ3) is 3.66. The van der Waals surface area contributed by atoms with E-state index >= 15 is 0 Å². The van der Waals surface area contributed by atoms with Gasteiger partial charge in [-0.3, -0.25) is 0 Å². The SMILES string of the molecule is Cc1ccc(-c2nnc(NC(=S)Nc3ccccc3)s2)cc1. The molecule has 0 saturated carbocycles. The van der Waals surface area contributed by atoms with Gasteiger partial charge in [-0.05, 0) is 31.3 Å². The van der Waals surface area contributed by atoms with E-state index in [-0.39, 0.29) is 0 Å². The summed E-state index contributed by atoms with van der Waals surface area (Å²) in [5.74, 6) is 0. The summed E-state index contributed by atoms with van der Waals surface area (Å²) in [7, 11) is 0. The molecule has 0 spiro atoms. The molecule has 0 aliphatic carbocycles. The minimum atomic E-state index is 0.498. The highest BCUT2D eigenvalue weighted by atomic mass is 32.1. The van der Waals surface area contributed by atoms with Crippen LogP contribution in [0.2, 0.25) is 0 Å². The van der Waals surface area contributed by atoms with Crippen molar-refractivity contribution in [3.63, 3.8) is 0 Å². The van der Waals surface area contributed by atoms with Gasteiger partial charge in [-0.1, -0.05) is 59.4 Å².